The van der Waals surface area contributed by atoms with Gasteiger partial charge >= 0.3 is 0 Å². The van der Waals surface area contributed by atoms with Crippen LogP contribution in [-0.2, 0) is 9.53 Å². The Balaban J connectivity index is 0.00000225. The third kappa shape index (κ3) is 6.30. The van der Waals surface area contributed by atoms with Gasteiger partial charge in [0.1, 0.15) is 0 Å². The number of carbonyl (C=O) groups excluding carboxylic acids is 1. The first kappa shape index (κ1) is 15.7. The molecule has 2 atom stereocenters. The molecule has 0 aromatic carbocycles. The van der Waals surface area contributed by atoms with E-state index in [9.17, 15) is 4.79 Å². The maximum atomic E-state index is 11.4. The summed E-state index contributed by atoms with van der Waals surface area (Å²) in [4.78, 5) is 11.4. The zero-order valence-corrected chi connectivity index (χ0v) is 10.9. The quantitative estimate of drug-likeness (QED) is 0.742. The number of hydrogen-bond donors (Lipinski definition) is 2. The van der Waals surface area contributed by atoms with Gasteiger partial charge < -0.3 is 15.4 Å². The number of ether oxygens (including phenoxy) is 1. The molecule has 0 aromatic heterocycles. The van der Waals surface area contributed by atoms with Gasteiger partial charge in [-0.1, -0.05) is 0 Å². The fraction of sp³-hybridized carbons (Fsp3) is 0.909. The molecule has 16 heavy (non-hydrogen) atoms. The normalized spacial score (nSPS) is 21.2. The number of likely N-dealkylation sites (N-methyl/N-ethyl adjacent to an activating group) is 1. The molecule has 0 aromatic rings. The van der Waals surface area contributed by atoms with E-state index in [-0.39, 0.29) is 18.3 Å². The molecule has 2 N–H and O–H groups in total. The lowest BCUT2D eigenvalue weighted by Gasteiger charge is -2.12. The van der Waals surface area contributed by atoms with Crippen molar-refractivity contribution >= 4 is 18.3 Å². The molecule has 1 rings (SSSR count). The van der Waals surface area contributed by atoms with Crippen LogP contribution in [-0.4, -0.2) is 38.3 Å². The maximum Gasteiger partial charge on any atom is 0.220 e. The van der Waals surface area contributed by atoms with E-state index < -0.39 is 0 Å². The highest BCUT2D eigenvalue weighted by Gasteiger charge is 2.16. The third-order valence-corrected chi connectivity index (χ3v) is 2.82. The Morgan fingerprint density at radius 2 is 2.31 bits per heavy atom. The third-order valence-electron chi connectivity index (χ3n) is 2.82. The molecule has 1 aliphatic rings. The van der Waals surface area contributed by atoms with Crippen molar-refractivity contribution in [2.75, 3.05) is 20.2 Å². The summed E-state index contributed by atoms with van der Waals surface area (Å²) in [6, 6.07) is 0.330. The highest BCUT2D eigenvalue weighted by molar-refractivity contribution is 5.85. The Hall–Kier alpha value is -0.320. The van der Waals surface area contributed by atoms with Crippen LogP contribution in [0.3, 0.4) is 0 Å². The molecule has 0 saturated carbocycles. The molecule has 2 unspecified atom stereocenters. The molecule has 0 aliphatic carbocycles. The van der Waals surface area contributed by atoms with Crippen molar-refractivity contribution in [2.45, 2.75) is 44.8 Å². The minimum absolute atomic E-state index is 0. The minimum Gasteiger partial charge on any atom is -0.378 e. The first-order chi connectivity index (χ1) is 7.22. The van der Waals surface area contributed by atoms with E-state index >= 15 is 0 Å². The standard InChI is InChI=1S/C11H22N2O2.ClH/c1-9(12-2)8-13-11(14)6-5-10-4-3-7-15-10;/h9-10,12H,3-8H2,1-2H3,(H,13,14);1H. The molecule has 1 fully saturated rings. The van der Waals surface area contributed by atoms with E-state index in [2.05, 4.69) is 10.6 Å². The summed E-state index contributed by atoms with van der Waals surface area (Å²) in [5, 5.41) is 5.98. The van der Waals surface area contributed by atoms with E-state index in [1.165, 1.54) is 0 Å². The van der Waals surface area contributed by atoms with E-state index in [1.807, 2.05) is 14.0 Å². The van der Waals surface area contributed by atoms with Gasteiger partial charge in [0.2, 0.25) is 5.91 Å². The van der Waals surface area contributed by atoms with Gasteiger partial charge in [-0.05, 0) is 33.2 Å². The predicted octanol–water partition coefficient (Wildman–Crippen LogP) is 1.09. The first-order valence-electron chi connectivity index (χ1n) is 5.78. The van der Waals surface area contributed by atoms with Crippen molar-refractivity contribution in [2.24, 2.45) is 0 Å². The van der Waals surface area contributed by atoms with Gasteiger partial charge in [-0.2, -0.15) is 0 Å². The first-order valence-corrected chi connectivity index (χ1v) is 5.78. The summed E-state index contributed by atoms with van der Waals surface area (Å²) >= 11 is 0. The lowest BCUT2D eigenvalue weighted by molar-refractivity contribution is -0.121. The Morgan fingerprint density at radius 3 is 2.88 bits per heavy atom. The number of rotatable bonds is 6. The van der Waals surface area contributed by atoms with Crippen molar-refractivity contribution in [3.63, 3.8) is 0 Å². The van der Waals surface area contributed by atoms with Crippen LogP contribution in [0.4, 0.5) is 0 Å². The maximum absolute atomic E-state index is 11.4. The molecule has 96 valence electrons. The van der Waals surface area contributed by atoms with Crippen molar-refractivity contribution in [3.8, 4) is 0 Å². The molecule has 0 spiro atoms. The van der Waals surface area contributed by atoms with E-state index in [4.69, 9.17) is 4.74 Å². The van der Waals surface area contributed by atoms with Gasteiger partial charge in [-0.25, -0.2) is 0 Å². The predicted molar refractivity (Wildman–Crippen MR) is 67.0 cm³/mol. The summed E-state index contributed by atoms with van der Waals surface area (Å²) in [6.07, 6.45) is 4.02. The van der Waals surface area contributed by atoms with Crippen LogP contribution in [0.15, 0.2) is 0 Å². The largest absolute Gasteiger partial charge is 0.378 e. The fourth-order valence-electron chi connectivity index (χ4n) is 1.62. The zero-order valence-electron chi connectivity index (χ0n) is 10.1. The Bertz CT molecular complexity index is 196. The Labute approximate surface area is 104 Å². The van der Waals surface area contributed by atoms with Crippen molar-refractivity contribution < 1.29 is 9.53 Å². The summed E-state index contributed by atoms with van der Waals surface area (Å²) in [7, 11) is 1.89. The van der Waals surface area contributed by atoms with Crippen molar-refractivity contribution in [1.29, 1.82) is 0 Å². The number of carbonyl (C=O) groups is 1. The molecule has 1 amide bonds. The highest BCUT2D eigenvalue weighted by atomic mass is 35.5. The number of hydrogen-bond acceptors (Lipinski definition) is 3. The lowest BCUT2D eigenvalue weighted by Crippen LogP contribution is -2.37. The smallest absolute Gasteiger partial charge is 0.220 e. The summed E-state index contributed by atoms with van der Waals surface area (Å²) < 4.78 is 5.46. The average molecular weight is 251 g/mol. The second-order valence-corrected chi connectivity index (χ2v) is 4.17. The summed E-state index contributed by atoms with van der Waals surface area (Å²) in [6.45, 7) is 3.60. The minimum atomic E-state index is 0. The SMILES string of the molecule is CNC(C)CNC(=O)CCC1CCCO1.Cl. The Kier molecular flexibility index (Phi) is 8.61. The van der Waals surface area contributed by atoms with Crippen LogP contribution in [0.2, 0.25) is 0 Å². The van der Waals surface area contributed by atoms with Crippen LogP contribution in [0.25, 0.3) is 0 Å². The second-order valence-electron chi connectivity index (χ2n) is 4.17. The molecule has 1 aliphatic heterocycles. The van der Waals surface area contributed by atoms with Crippen molar-refractivity contribution in [1.82, 2.24) is 10.6 Å². The van der Waals surface area contributed by atoms with Gasteiger partial charge in [0.25, 0.3) is 0 Å². The van der Waals surface area contributed by atoms with Crippen LogP contribution >= 0.6 is 12.4 Å². The molecule has 1 heterocycles. The van der Waals surface area contributed by atoms with E-state index in [0.717, 1.165) is 25.9 Å². The summed E-state index contributed by atoms with van der Waals surface area (Å²) in [5.74, 6) is 0.132. The van der Waals surface area contributed by atoms with Gasteiger partial charge in [-0.15, -0.1) is 12.4 Å². The van der Waals surface area contributed by atoms with Crippen LogP contribution in [0.5, 0.6) is 0 Å². The van der Waals surface area contributed by atoms with Gasteiger partial charge in [0, 0.05) is 25.6 Å². The molecule has 0 bridgehead atoms. The van der Waals surface area contributed by atoms with Gasteiger partial charge in [0.15, 0.2) is 0 Å². The van der Waals surface area contributed by atoms with Crippen LogP contribution in [0, 0.1) is 0 Å². The molecule has 1 saturated heterocycles. The second kappa shape index (κ2) is 8.79. The molecule has 0 radical (unpaired) electrons. The monoisotopic (exact) mass is 250 g/mol. The van der Waals surface area contributed by atoms with Crippen LogP contribution in [0.1, 0.15) is 32.6 Å². The Morgan fingerprint density at radius 1 is 1.56 bits per heavy atom. The van der Waals surface area contributed by atoms with Crippen LogP contribution < -0.4 is 10.6 Å². The van der Waals surface area contributed by atoms with Gasteiger partial charge in [0.05, 0.1) is 6.10 Å². The average Bonchev–Trinajstić information content (AvgIpc) is 2.75. The highest BCUT2D eigenvalue weighted by Crippen LogP contribution is 2.16. The fourth-order valence-corrected chi connectivity index (χ4v) is 1.62. The number of amides is 1. The summed E-state index contributed by atoms with van der Waals surface area (Å²) in [5.41, 5.74) is 0. The van der Waals surface area contributed by atoms with E-state index in [1.54, 1.807) is 0 Å². The topological polar surface area (TPSA) is 50.4 Å². The number of halogens is 1. The van der Waals surface area contributed by atoms with E-state index in [0.29, 0.717) is 25.1 Å². The van der Waals surface area contributed by atoms with Crippen molar-refractivity contribution in [3.05, 3.63) is 0 Å². The lowest BCUT2D eigenvalue weighted by atomic mass is 10.1. The molecular formula is C11H23ClN2O2. The van der Waals surface area contributed by atoms with Gasteiger partial charge in [-0.3, -0.25) is 4.79 Å². The number of nitrogens with one attached hydrogen (secondary N) is 2. The molecule has 4 nitrogen and oxygen atoms in total. The molecule has 5 heteroatoms. The molecular weight excluding hydrogens is 228 g/mol. The zero-order chi connectivity index (χ0) is 11.1.